The number of nitriles is 1. The van der Waals surface area contributed by atoms with Crippen molar-refractivity contribution in [3.8, 4) is 6.07 Å². The first-order chi connectivity index (χ1) is 9.11. The standard InChI is InChI=1S/C13H14N4OS/c1-9(8-19(2)18)15-13-10-5-3-4-6-11(10)16-17-12(13)7-14/h3-6,9H,8H2,1-2H3,(H,15,16). The maximum Gasteiger partial charge on any atom is 0.186 e. The zero-order valence-electron chi connectivity index (χ0n) is 10.8. The van der Waals surface area contributed by atoms with Gasteiger partial charge in [-0.25, -0.2) is 0 Å². The number of anilines is 1. The largest absolute Gasteiger partial charge is 0.379 e. The van der Waals surface area contributed by atoms with E-state index < -0.39 is 10.8 Å². The van der Waals surface area contributed by atoms with E-state index in [2.05, 4.69) is 15.5 Å². The molecule has 1 N–H and O–H groups in total. The molecule has 19 heavy (non-hydrogen) atoms. The second-order valence-corrected chi connectivity index (χ2v) is 5.82. The lowest BCUT2D eigenvalue weighted by Crippen LogP contribution is -2.23. The normalized spacial score (nSPS) is 13.7. The van der Waals surface area contributed by atoms with Gasteiger partial charge in [0.1, 0.15) is 6.07 Å². The fourth-order valence-electron chi connectivity index (χ4n) is 1.92. The molecule has 5 nitrogen and oxygen atoms in total. The molecule has 2 rings (SSSR count). The summed E-state index contributed by atoms with van der Waals surface area (Å²) < 4.78 is 11.2. The number of benzene rings is 1. The number of hydrogen-bond donors (Lipinski definition) is 1. The molecule has 2 unspecified atom stereocenters. The van der Waals surface area contributed by atoms with Crippen LogP contribution in [-0.4, -0.2) is 32.5 Å². The predicted molar refractivity (Wildman–Crippen MR) is 76.3 cm³/mol. The molecule has 98 valence electrons. The molecule has 0 fully saturated rings. The number of fused-ring (bicyclic) bond motifs is 1. The van der Waals surface area contributed by atoms with Gasteiger partial charge >= 0.3 is 0 Å². The molecule has 0 aliphatic heterocycles. The molecule has 2 aromatic rings. The van der Waals surface area contributed by atoms with Gasteiger partial charge in [-0.15, -0.1) is 10.2 Å². The smallest absolute Gasteiger partial charge is 0.186 e. The van der Waals surface area contributed by atoms with Crippen molar-refractivity contribution in [1.29, 1.82) is 5.26 Å². The van der Waals surface area contributed by atoms with Crippen molar-refractivity contribution in [2.75, 3.05) is 17.3 Å². The van der Waals surface area contributed by atoms with Crippen molar-refractivity contribution in [2.45, 2.75) is 13.0 Å². The summed E-state index contributed by atoms with van der Waals surface area (Å²) >= 11 is 0. The van der Waals surface area contributed by atoms with Crippen molar-refractivity contribution in [1.82, 2.24) is 10.2 Å². The fraction of sp³-hybridized carbons (Fsp3) is 0.308. The van der Waals surface area contributed by atoms with Crippen molar-refractivity contribution < 1.29 is 4.21 Å². The van der Waals surface area contributed by atoms with E-state index in [-0.39, 0.29) is 11.7 Å². The zero-order valence-corrected chi connectivity index (χ0v) is 11.6. The topological polar surface area (TPSA) is 78.7 Å². The van der Waals surface area contributed by atoms with Gasteiger partial charge in [0.2, 0.25) is 0 Å². The molecule has 0 radical (unpaired) electrons. The third-order valence-corrected chi connectivity index (χ3v) is 3.62. The summed E-state index contributed by atoms with van der Waals surface area (Å²) in [5.41, 5.74) is 1.65. The molecule has 1 aromatic heterocycles. The highest BCUT2D eigenvalue weighted by molar-refractivity contribution is 7.84. The highest BCUT2D eigenvalue weighted by atomic mass is 32.2. The van der Waals surface area contributed by atoms with Crippen molar-refractivity contribution in [3.63, 3.8) is 0 Å². The Labute approximate surface area is 114 Å². The van der Waals surface area contributed by atoms with Crippen LogP contribution in [0.1, 0.15) is 12.6 Å². The van der Waals surface area contributed by atoms with Gasteiger partial charge in [-0.3, -0.25) is 4.21 Å². The molecule has 1 aromatic carbocycles. The third kappa shape index (κ3) is 3.06. The maximum absolute atomic E-state index is 11.2. The van der Waals surface area contributed by atoms with Crippen LogP contribution >= 0.6 is 0 Å². The van der Waals surface area contributed by atoms with Crippen LogP contribution in [0.4, 0.5) is 5.69 Å². The first-order valence-corrected chi connectivity index (χ1v) is 7.56. The van der Waals surface area contributed by atoms with Gasteiger partial charge in [0.05, 0.1) is 11.2 Å². The molecule has 0 aliphatic carbocycles. The highest BCUT2D eigenvalue weighted by Gasteiger charge is 2.13. The molecular weight excluding hydrogens is 260 g/mol. The number of nitrogens with zero attached hydrogens (tertiary/aromatic N) is 3. The summed E-state index contributed by atoms with van der Waals surface area (Å²) in [4.78, 5) is 0. The molecule has 0 saturated carbocycles. The van der Waals surface area contributed by atoms with Crippen LogP contribution in [0.3, 0.4) is 0 Å². The Morgan fingerprint density at radius 2 is 2.16 bits per heavy atom. The zero-order chi connectivity index (χ0) is 13.8. The van der Waals surface area contributed by atoms with Gasteiger partial charge < -0.3 is 5.32 Å². The van der Waals surface area contributed by atoms with E-state index in [1.165, 1.54) is 0 Å². The van der Waals surface area contributed by atoms with Crippen LogP contribution in [0.15, 0.2) is 24.3 Å². The number of rotatable bonds is 4. The quantitative estimate of drug-likeness (QED) is 0.917. The average molecular weight is 274 g/mol. The number of aromatic nitrogens is 2. The third-order valence-electron chi connectivity index (χ3n) is 2.65. The molecule has 1 heterocycles. The Balaban J connectivity index is 2.45. The van der Waals surface area contributed by atoms with Gasteiger partial charge in [0, 0.05) is 34.2 Å². The Bertz CT molecular complexity index is 665. The lowest BCUT2D eigenvalue weighted by Gasteiger charge is -2.16. The van der Waals surface area contributed by atoms with Crippen LogP contribution in [-0.2, 0) is 10.8 Å². The maximum atomic E-state index is 11.2. The Morgan fingerprint density at radius 1 is 1.42 bits per heavy atom. The molecule has 6 heteroatoms. The van der Waals surface area contributed by atoms with Crippen LogP contribution < -0.4 is 5.32 Å². The first-order valence-electron chi connectivity index (χ1n) is 5.84. The van der Waals surface area contributed by atoms with Crippen molar-refractivity contribution >= 4 is 27.4 Å². The Hall–Kier alpha value is -2.00. The van der Waals surface area contributed by atoms with E-state index in [1.54, 1.807) is 6.26 Å². The van der Waals surface area contributed by atoms with Crippen LogP contribution in [0, 0.1) is 11.3 Å². The summed E-state index contributed by atoms with van der Waals surface area (Å²) in [5, 5.41) is 21.1. The fourth-order valence-corrected chi connectivity index (χ4v) is 2.71. The van der Waals surface area contributed by atoms with E-state index >= 15 is 0 Å². The predicted octanol–water partition coefficient (Wildman–Crippen LogP) is 1.68. The van der Waals surface area contributed by atoms with Gasteiger partial charge in [-0.2, -0.15) is 5.26 Å². The highest BCUT2D eigenvalue weighted by Crippen LogP contribution is 2.24. The molecule has 0 bridgehead atoms. The summed E-state index contributed by atoms with van der Waals surface area (Å²) in [6.07, 6.45) is 1.66. The minimum absolute atomic E-state index is 0.00876. The second kappa shape index (κ2) is 5.76. The van der Waals surface area contributed by atoms with E-state index in [4.69, 9.17) is 5.26 Å². The van der Waals surface area contributed by atoms with Crippen molar-refractivity contribution in [2.24, 2.45) is 0 Å². The molecular formula is C13H14N4OS. The lowest BCUT2D eigenvalue weighted by atomic mass is 10.1. The van der Waals surface area contributed by atoms with Gasteiger partial charge in [0.25, 0.3) is 0 Å². The molecule has 2 atom stereocenters. The Kier molecular flexibility index (Phi) is 4.07. The van der Waals surface area contributed by atoms with Crippen molar-refractivity contribution in [3.05, 3.63) is 30.0 Å². The van der Waals surface area contributed by atoms with E-state index in [0.717, 1.165) is 10.9 Å². The SMILES string of the molecule is CC(CS(C)=O)Nc1c(C#N)nnc2ccccc12. The van der Waals surface area contributed by atoms with E-state index in [0.29, 0.717) is 11.4 Å². The van der Waals surface area contributed by atoms with Crippen LogP contribution in [0.2, 0.25) is 0 Å². The second-order valence-electron chi connectivity index (χ2n) is 4.34. The van der Waals surface area contributed by atoms with Gasteiger partial charge in [-0.1, -0.05) is 18.2 Å². The lowest BCUT2D eigenvalue weighted by molar-refractivity contribution is 0.683. The summed E-state index contributed by atoms with van der Waals surface area (Å²) in [6.45, 7) is 1.93. The van der Waals surface area contributed by atoms with Gasteiger partial charge in [-0.05, 0) is 13.0 Å². The monoisotopic (exact) mass is 274 g/mol. The Morgan fingerprint density at radius 3 is 2.84 bits per heavy atom. The number of hydrogen-bond acceptors (Lipinski definition) is 5. The van der Waals surface area contributed by atoms with Crippen LogP contribution in [0.25, 0.3) is 10.9 Å². The first kappa shape index (κ1) is 13.4. The molecule has 0 saturated heterocycles. The summed E-state index contributed by atoms with van der Waals surface area (Å²) in [7, 11) is -0.893. The van der Waals surface area contributed by atoms with E-state index in [9.17, 15) is 4.21 Å². The minimum atomic E-state index is -0.893. The summed E-state index contributed by atoms with van der Waals surface area (Å²) in [6, 6.07) is 9.52. The van der Waals surface area contributed by atoms with E-state index in [1.807, 2.05) is 37.3 Å². The number of nitrogens with one attached hydrogen (secondary N) is 1. The minimum Gasteiger partial charge on any atom is -0.379 e. The molecule has 0 aliphatic rings. The summed E-state index contributed by atoms with van der Waals surface area (Å²) in [5.74, 6) is 0.515. The molecule has 0 amide bonds. The molecule has 0 spiro atoms. The van der Waals surface area contributed by atoms with Gasteiger partial charge in [0.15, 0.2) is 5.69 Å². The van der Waals surface area contributed by atoms with Crippen LogP contribution in [0.5, 0.6) is 0 Å². The average Bonchev–Trinajstić information content (AvgIpc) is 2.38.